The average Bonchev–Trinajstić information content (AvgIpc) is 2.62. The highest BCUT2D eigenvalue weighted by molar-refractivity contribution is 7.91. The Kier molecular flexibility index (Phi) is 4.03. The number of halogens is 1. The first-order valence-corrected chi connectivity index (χ1v) is 6.45. The van der Waals surface area contributed by atoms with Gasteiger partial charge < -0.3 is 5.32 Å². The highest BCUT2D eigenvalue weighted by atomic mass is 35.5. The third-order valence-corrected chi connectivity index (χ3v) is 4.40. The number of nitrogens with one attached hydrogen (secondary N) is 2. The molecule has 1 rings (SSSR count). The van der Waals surface area contributed by atoms with E-state index in [0.29, 0.717) is 0 Å². The number of carbonyl (C=O) groups excluding carboxylic acids is 1. The third kappa shape index (κ3) is 3.42. The molecule has 1 heterocycles. The van der Waals surface area contributed by atoms with Crippen molar-refractivity contribution in [1.29, 1.82) is 0 Å². The molecule has 2 N–H and O–H groups in total. The van der Waals surface area contributed by atoms with E-state index in [4.69, 9.17) is 11.6 Å². The van der Waals surface area contributed by atoms with Crippen LogP contribution in [-0.4, -0.2) is 32.9 Å². The number of amides is 1. The standard InChI is InChI=1S/C6H8ClN3O3S2/c1-8-4(11)2-10-15(12,13)5-3-9-6(7)14-5/h3,10H,2H2,1H3,(H,8,11). The summed E-state index contributed by atoms with van der Waals surface area (Å²) in [6.07, 6.45) is 1.14. The second kappa shape index (κ2) is 4.88. The summed E-state index contributed by atoms with van der Waals surface area (Å²) >= 11 is 6.32. The molecule has 9 heteroatoms. The van der Waals surface area contributed by atoms with E-state index in [0.717, 1.165) is 17.5 Å². The SMILES string of the molecule is CNC(=O)CNS(=O)(=O)c1cnc(Cl)s1. The van der Waals surface area contributed by atoms with Crippen LogP contribution in [0, 0.1) is 0 Å². The van der Waals surface area contributed by atoms with Gasteiger partial charge in [0, 0.05) is 7.05 Å². The molecule has 84 valence electrons. The Balaban J connectivity index is 2.72. The van der Waals surface area contributed by atoms with Gasteiger partial charge in [-0.05, 0) is 0 Å². The molecule has 0 aliphatic carbocycles. The van der Waals surface area contributed by atoms with Gasteiger partial charge in [0.05, 0.1) is 12.7 Å². The molecule has 0 fully saturated rings. The molecule has 0 aliphatic heterocycles. The number of thiazole rings is 1. The lowest BCUT2D eigenvalue weighted by Crippen LogP contribution is -2.34. The summed E-state index contributed by atoms with van der Waals surface area (Å²) in [6, 6.07) is 0. The number of hydrogen-bond donors (Lipinski definition) is 2. The van der Waals surface area contributed by atoms with Gasteiger partial charge in [-0.3, -0.25) is 4.79 Å². The van der Waals surface area contributed by atoms with Gasteiger partial charge in [0.25, 0.3) is 10.0 Å². The van der Waals surface area contributed by atoms with Gasteiger partial charge >= 0.3 is 0 Å². The van der Waals surface area contributed by atoms with Crippen molar-refractivity contribution in [3.05, 3.63) is 10.7 Å². The first-order chi connectivity index (χ1) is 6.95. The van der Waals surface area contributed by atoms with E-state index in [-0.39, 0.29) is 15.2 Å². The number of sulfonamides is 1. The zero-order chi connectivity index (χ0) is 11.5. The van der Waals surface area contributed by atoms with Crippen LogP contribution in [0.2, 0.25) is 4.47 Å². The fraction of sp³-hybridized carbons (Fsp3) is 0.333. The van der Waals surface area contributed by atoms with Gasteiger partial charge in [-0.1, -0.05) is 22.9 Å². The van der Waals surface area contributed by atoms with Gasteiger partial charge in [-0.15, -0.1) is 0 Å². The minimum atomic E-state index is -3.68. The lowest BCUT2D eigenvalue weighted by molar-refractivity contribution is -0.119. The van der Waals surface area contributed by atoms with Crippen molar-refractivity contribution in [2.75, 3.05) is 13.6 Å². The predicted molar refractivity (Wildman–Crippen MR) is 56.4 cm³/mol. The van der Waals surface area contributed by atoms with Crippen molar-refractivity contribution in [1.82, 2.24) is 15.0 Å². The van der Waals surface area contributed by atoms with E-state index < -0.39 is 15.9 Å². The Labute approximate surface area is 95.7 Å². The van der Waals surface area contributed by atoms with Crippen LogP contribution in [0.15, 0.2) is 10.4 Å². The quantitative estimate of drug-likeness (QED) is 0.794. The fourth-order valence-corrected chi connectivity index (χ4v) is 3.00. The second-order valence-electron chi connectivity index (χ2n) is 2.43. The van der Waals surface area contributed by atoms with Crippen molar-refractivity contribution in [2.45, 2.75) is 4.21 Å². The summed E-state index contributed by atoms with van der Waals surface area (Å²) in [7, 11) is -2.27. The summed E-state index contributed by atoms with van der Waals surface area (Å²) in [5, 5.41) is 2.29. The maximum Gasteiger partial charge on any atom is 0.252 e. The topological polar surface area (TPSA) is 88.2 Å². The first-order valence-electron chi connectivity index (χ1n) is 3.77. The molecule has 0 radical (unpaired) electrons. The van der Waals surface area contributed by atoms with Crippen LogP contribution < -0.4 is 10.0 Å². The molecule has 0 atom stereocenters. The smallest absolute Gasteiger partial charge is 0.252 e. The van der Waals surface area contributed by atoms with Crippen LogP contribution in [0.25, 0.3) is 0 Å². The predicted octanol–water partition coefficient (Wildman–Crippen LogP) is -0.179. The van der Waals surface area contributed by atoms with E-state index >= 15 is 0 Å². The van der Waals surface area contributed by atoms with Gasteiger partial charge in [0.15, 0.2) is 8.68 Å². The number of carbonyl (C=O) groups is 1. The molecule has 0 saturated heterocycles. The second-order valence-corrected chi connectivity index (χ2v) is 6.04. The van der Waals surface area contributed by atoms with Crippen LogP contribution in [0.5, 0.6) is 0 Å². The molecule has 0 saturated carbocycles. The molecule has 0 aliphatic rings. The largest absolute Gasteiger partial charge is 0.358 e. The summed E-state index contributed by atoms with van der Waals surface area (Å²) in [4.78, 5) is 14.4. The van der Waals surface area contributed by atoms with Crippen molar-refractivity contribution >= 4 is 38.9 Å². The zero-order valence-electron chi connectivity index (χ0n) is 7.65. The number of likely N-dealkylation sites (N-methyl/N-ethyl adjacent to an activating group) is 1. The molecule has 0 bridgehead atoms. The molecule has 0 aromatic carbocycles. The monoisotopic (exact) mass is 269 g/mol. The van der Waals surface area contributed by atoms with Crippen molar-refractivity contribution < 1.29 is 13.2 Å². The Morgan fingerprint density at radius 1 is 1.67 bits per heavy atom. The van der Waals surface area contributed by atoms with Gasteiger partial charge in [0.1, 0.15) is 0 Å². The lowest BCUT2D eigenvalue weighted by Gasteiger charge is -2.02. The highest BCUT2D eigenvalue weighted by Crippen LogP contribution is 2.21. The highest BCUT2D eigenvalue weighted by Gasteiger charge is 2.17. The Morgan fingerprint density at radius 2 is 2.33 bits per heavy atom. The Morgan fingerprint density at radius 3 is 2.80 bits per heavy atom. The van der Waals surface area contributed by atoms with E-state index in [1.807, 2.05) is 0 Å². The molecule has 0 spiro atoms. The maximum absolute atomic E-state index is 11.5. The molecule has 1 amide bonds. The van der Waals surface area contributed by atoms with E-state index in [1.54, 1.807) is 0 Å². The summed E-state index contributed by atoms with van der Waals surface area (Å²) in [5.41, 5.74) is 0. The van der Waals surface area contributed by atoms with Gasteiger partial charge in [-0.2, -0.15) is 0 Å². The summed E-state index contributed by atoms with van der Waals surface area (Å²) in [5.74, 6) is -0.422. The van der Waals surface area contributed by atoms with Gasteiger partial charge in [-0.25, -0.2) is 18.1 Å². The maximum atomic E-state index is 11.5. The molecule has 1 aromatic heterocycles. The van der Waals surface area contributed by atoms with Crippen molar-refractivity contribution in [2.24, 2.45) is 0 Å². The normalized spacial score (nSPS) is 11.3. The summed E-state index contributed by atoms with van der Waals surface area (Å²) < 4.78 is 25.2. The third-order valence-electron chi connectivity index (χ3n) is 1.42. The number of hydrogen-bond acceptors (Lipinski definition) is 5. The first kappa shape index (κ1) is 12.4. The average molecular weight is 270 g/mol. The van der Waals surface area contributed by atoms with E-state index in [9.17, 15) is 13.2 Å². The lowest BCUT2D eigenvalue weighted by atomic mass is 10.6. The van der Waals surface area contributed by atoms with Crippen LogP contribution in [-0.2, 0) is 14.8 Å². The Bertz CT molecular complexity index is 456. The zero-order valence-corrected chi connectivity index (χ0v) is 10.0. The summed E-state index contributed by atoms with van der Waals surface area (Å²) in [6.45, 7) is -0.311. The molecule has 1 aromatic rings. The van der Waals surface area contributed by atoms with Crippen molar-refractivity contribution in [3.8, 4) is 0 Å². The van der Waals surface area contributed by atoms with Crippen LogP contribution in [0.4, 0.5) is 0 Å². The molecule has 0 unspecified atom stereocenters. The van der Waals surface area contributed by atoms with Gasteiger partial charge in [0.2, 0.25) is 5.91 Å². The van der Waals surface area contributed by atoms with Crippen LogP contribution in [0.1, 0.15) is 0 Å². The van der Waals surface area contributed by atoms with Crippen molar-refractivity contribution in [3.63, 3.8) is 0 Å². The van der Waals surface area contributed by atoms with Crippen LogP contribution >= 0.6 is 22.9 Å². The van der Waals surface area contributed by atoms with Crippen LogP contribution in [0.3, 0.4) is 0 Å². The van der Waals surface area contributed by atoms with E-state index in [1.165, 1.54) is 7.05 Å². The molecule has 6 nitrogen and oxygen atoms in total. The molecule has 15 heavy (non-hydrogen) atoms. The molecular formula is C6H8ClN3O3S2. The number of rotatable bonds is 4. The number of aromatic nitrogens is 1. The minimum absolute atomic E-state index is 0.0172. The van der Waals surface area contributed by atoms with E-state index in [2.05, 4.69) is 15.0 Å². The molecular weight excluding hydrogens is 262 g/mol. The fourth-order valence-electron chi connectivity index (χ4n) is 0.683. The minimum Gasteiger partial charge on any atom is -0.358 e. The Hall–Kier alpha value is -0.700. The number of nitrogens with zero attached hydrogens (tertiary/aromatic N) is 1.